The number of carboxylic acid groups (broad SMARTS) is 1. The summed E-state index contributed by atoms with van der Waals surface area (Å²) in [6, 6.07) is 1.16. The van der Waals surface area contributed by atoms with E-state index in [9.17, 15) is 14.7 Å². The number of fused-ring (bicyclic) bond motifs is 1. The normalized spacial score (nSPS) is 23.5. The molecule has 2 aliphatic rings. The number of carbonyl (C=O) groups is 2. The largest absolute Gasteiger partial charge is 0.465 e. The molecule has 9 nitrogen and oxygen atoms in total. The number of esters is 1. The predicted octanol–water partition coefficient (Wildman–Crippen LogP) is 4.67. The maximum Gasteiger partial charge on any atom is 0.404 e. The molecule has 0 aromatic carbocycles. The van der Waals surface area contributed by atoms with Crippen LogP contribution in [0.25, 0.3) is 11.0 Å². The molecule has 4 rings (SSSR count). The maximum atomic E-state index is 13.3. The highest BCUT2D eigenvalue weighted by Crippen LogP contribution is 2.39. The number of ether oxygens (including phenoxy) is 2. The Labute approximate surface area is 206 Å². The van der Waals surface area contributed by atoms with Gasteiger partial charge in [-0.05, 0) is 30.7 Å². The second-order valence-electron chi connectivity index (χ2n) is 11.0. The molecule has 2 aromatic rings. The number of aromatic nitrogens is 3. The summed E-state index contributed by atoms with van der Waals surface area (Å²) in [7, 11) is 0. The van der Waals surface area contributed by atoms with Gasteiger partial charge >= 0.3 is 12.1 Å². The van der Waals surface area contributed by atoms with E-state index in [1.807, 2.05) is 26.2 Å². The summed E-state index contributed by atoms with van der Waals surface area (Å²) in [5.74, 6) is -0.859. The van der Waals surface area contributed by atoms with Crippen molar-refractivity contribution in [2.24, 2.45) is 11.8 Å². The van der Waals surface area contributed by atoms with Crippen LogP contribution in [0.5, 0.6) is 0 Å². The summed E-state index contributed by atoms with van der Waals surface area (Å²) in [5.41, 5.74) is 0.870. The van der Waals surface area contributed by atoms with Crippen molar-refractivity contribution in [2.45, 2.75) is 103 Å². The average molecular weight is 487 g/mol. The zero-order valence-corrected chi connectivity index (χ0v) is 21.2. The number of nitrogens with zero attached hydrogens (tertiary/aromatic N) is 3. The third kappa shape index (κ3) is 5.77. The molecule has 2 aromatic heterocycles. The SMILES string of the molecule is CC(C)CC(NC(=O)O)[C@@]1(Cc2cc3c(cn2)ncn3CCC2CCCCC2)OC(C)(C)OC1=O. The fourth-order valence-corrected chi connectivity index (χ4v) is 5.59. The van der Waals surface area contributed by atoms with Crippen LogP contribution >= 0.6 is 0 Å². The summed E-state index contributed by atoms with van der Waals surface area (Å²) < 4.78 is 13.9. The van der Waals surface area contributed by atoms with Crippen LogP contribution in [0.2, 0.25) is 0 Å². The van der Waals surface area contributed by atoms with Gasteiger partial charge in [0.15, 0.2) is 5.60 Å². The average Bonchev–Trinajstić information content (AvgIpc) is 3.28. The van der Waals surface area contributed by atoms with E-state index < -0.39 is 29.5 Å². The Morgan fingerprint density at radius 1 is 1.26 bits per heavy atom. The summed E-state index contributed by atoms with van der Waals surface area (Å²) >= 11 is 0. The molecule has 0 radical (unpaired) electrons. The van der Waals surface area contributed by atoms with Crippen molar-refractivity contribution in [2.75, 3.05) is 0 Å². The molecule has 1 saturated heterocycles. The Morgan fingerprint density at radius 3 is 2.63 bits per heavy atom. The number of nitrogens with one attached hydrogen (secondary N) is 1. The van der Waals surface area contributed by atoms with Crippen molar-refractivity contribution in [1.29, 1.82) is 0 Å². The molecule has 2 N–H and O–H groups in total. The lowest BCUT2D eigenvalue weighted by atomic mass is 9.84. The predicted molar refractivity (Wildman–Crippen MR) is 131 cm³/mol. The molecular formula is C26H38N4O5. The number of aryl methyl sites for hydroxylation is 1. The molecule has 3 heterocycles. The van der Waals surface area contributed by atoms with Crippen molar-refractivity contribution < 1.29 is 24.2 Å². The molecule has 0 spiro atoms. The van der Waals surface area contributed by atoms with Crippen LogP contribution in [0.3, 0.4) is 0 Å². The van der Waals surface area contributed by atoms with Crippen molar-refractivity contribution in [1.82, 2.24) is 19.9 Å². The summed E-state index contributed by atoms with van der Waals surface area (Å²) in [4.78, 5) is 34.0. The highest BCUT2D eigenvalue weighted by molar-refractivity contribution is 5.84. The fraction of sp³-hybridized carbons (Fsp3) is 0.692. The zero-order valence-electron chi connectivity index (χ0n) is 21.2. The zero-order chi connectivity index (χ0) is 25.2. The number of hydrogen-bond donors (Lipinski definition) is 2. The molecule has 1 aliphatic heterocycles. The molecule has 0 bridgehead atoms. The van der Waals surface area contributed by atoms with E-state index in [1.54, 1.807) is 20.0 Å². The summed E-state index contributed by atoms with van der Waals surface area (Å²) in [6.07, 6.45) is 10.6. The van der Waals surface area contributed by atoms with Crippen LogP contribution in [-0.4, -0.2) is 49.1 Å². The summed E-state index contributed by atoms with van der Waals surface area (Å²) in [6.45, 7) is 8.17. The molecule has 9 heteroatoms. The quantitative estimate of drug-likeness (QED) is 0.495. The van der Waals surface area contributed by atoms with E-state index >= 15 is 0 Å². The van der Waals surface area contributed by atoms with Gasteiger partial charge in [-0.15, -0.1) is 0 Å². The van der Waals surface area contributed by atoms with Crippen LogP contribution in [0.1, 0.15) is 78.3 Å². The third-order valence-corrected chi connectivity index (χ3v) is 7.19. The monoisotopic (exact) mass is 486 g/mol. The second kappa shape index (κ2) is 10.1. The van der Waals surface area contributed by atoms with Gasteiger partial charge in [0.05, 0.1) is 24.1 Å². The molecule has 1 saturated carbocycles. The van der Waals surface area contributed by atoms with Crippen molar-refractivity contribution >= 4 is 23.1 Å². The number of carbonyl (C=O) groups excluding carboxylic acids is 1. The smallest absolute Gasteiger partial charge is 0.404 e. The molecule has 1 amide bonds. The van der Waals surface area contributed by atoms with Crippen LogP contribution < -0.4 is 5.32 Å². The first-order valence-electron chi connectivity index (χ1n) is 12.8. The molecular weight excluding hydrogens is 448 g/mol. The Bertz CT molecular complexity index is 1060. The molecule has 1 unspecified atom stereocenters. The Balaban J connectivity index is 1.63. The van der Waals surface area contributed by atoms with E-state index in [0.29, 0.717) is 12.1 Å². The fourth-order valence-electron chi connectivity index (χ4n) is 5.59. The van der Waals surface area contributed by atoms with E-state index in [0.717, 1.165) is 29.9 Å². The number of hydrogen-bond acceptors (Lipinski definition) is 6. The van der Waals surface area contributed by atoms with Crippen LogP contribution in [0.15, 0.2) is 18.6 Å². The van der Waals surface area contributed by atoms with Gasteiger partial charge in [-0.3, -0.25) is 4.98 Å². The first-order chi connectivity index (χ1) is 16.6. The van der Waals surface area contributed by atoms with Gasteiger partial charge in [0.1, 0.15) is 5.52 Å². The van der Waals surface area contributed by atoms with Gasteiger partial charge in [-0.1, -0.05) is 46.0 Å². The Morgan fingerprint density at radius 2 is 2.00 bits per heavy atom. The first-order valence-corrected chi connectivity index (χ1v) is 12.8. The van der Waals surface area contributed by atoms with Crippen molar-refractivity contribution in [3.63, 3.8) is 0 Å². The highest BCUT2D eigenvalue weighted by atomic mass is 16.8. The van der Waals surface area contributed by atoms with Gasteiger partial charge in [0.2, 0.25) is 5.79 Å². The minimum Gasteiger partial charge on any atom is -0.465 e. The minimum atomic E-state index is -1.51. The lowest BCUT2D eigenvalue weighted by Gasteiger charge is -2.34. The molecule has 1 aliphatic carbocycles. The van der Waals surface area contributed by atoms with Crippen LogP contribution in [-0.2, 0) is 27.2 Å². The standard InChI is InChI=1S/C26H38N4O5/c1-17(2)12-22(29-24(32)33)26(23(31)34-25(3,4)35-26)14-19-13-21-20(15-27-19)28-16-30(21)11-10-18-8-6-5-7-9-18/h13,15-18,22,29H,5-12,14H2,1-4H3,(H,32,33)/t22?,26-/m1/s1. The topological polar surface area (TPSA) is 116 Å². The molecule has 2 fully saturated rings. The number of cyclic esters (lactones) is 1. The van der Waals surface area contributed by atoms with E-state index in [4.69, 9.17) is 9.47 Å². The van der Waals surface area contributed by atoms with Gasteiger partial charge in [0, 0.05) is 32.5 Å². The van der Waals surface area contributed by atoms with Crippen molar-refractivity contribution in [3.05, 3.63) is 24.3 Å². The van der Waals surface area contributed by atoms with Crippen LogP contribution in [0, 0.1) is 11.8 Å². The third-order valence-electron chi connectivity index (χ3n) is 7.19. The lowest BCUT2D eigenvalue weighted by molar-refractivity contribution is -0.170. The first kappa shape index (κ1) is 25.4. The van der Waals surface area contributed by atoms with Gasteiger partial charge in [-0.25, -0.2) is 14.6 Å². The van der Waals surface area contributed by atoms with Crippen LogP contribution in [0.4, 0.5) is 4.79 Å². The number of rotatable bonds is 9. The van der Waals surface area contributed by atoms with Gasteiger partial charge in [0.25, 0.3) is 0 Å². The number of pyridine rings is 1. The van der Waals surface area contributed by atoms with E-state index in [2.05, 4.69) is 19.9 Å². The highest BCUT2D eigenvalue weighted by Gasteiger charge is 2.59. The summed E-state index contributed by atoms with van der Waals surface area (Å²) in [5, 5.41) is 12.1. The van der Waals surface area contributed by atoms with E-state index in [1.165, 1.54) is 32.1 Å². The Kier molecular flexibility index (Phi) is 7.35. The molecule has 35 heavy (non-hydrogen) atoms. The van der Waals surface area contributed by atoms with Gasteiger partial charge < -0.3 is 24.5 Å². The molecule has 2 atom stereocenters. The van der Waals surface area contributed by atoms with Crippen molar-refractivity contribution in [3.8, 4) is 0 Å². The number of imidazole rings is 1. The molecule has 192 valence electrons. The minimum absolute atomic E-state index is 0.0939. The van der Waals surface area contributed by atoms with E-state index in [-0.39, 0.29) is 12.3 Å². The number of amides is 1. The second-order valence-corrected chi connectivity index (χ2v) is 11.0. The lowest BCUT2D eigenvalue weighted by Crippen LogP contribution is -2.58. The Hall–Kier alpha value is -2.68. The van der Waals surface area contributed by atoms with Gasteiger partial charge in [-0.2, -0.15) is 0 Å². The maximum absolute atomic E-state index is 13.3.